The van der Waals surface area contributed by atoms with Crippen molar-refractivity contribution >= 4 is 35.8 Å². The average Bonchev–Trinajstić information content (AvgIpc) is 3.14. The Morgan fingerprint density at radius 3 is 2.54 bits per heavy atom. The van der Waals surface area contributed by atoms with Crippen LogP contribution in [-0.2, 0) is 13.1 Å². The number of benzene rings is 1. The molecule has 0 aliphatic heterocycles. The Hall–Kier alpha value is -2.10. The minimum absolute atomic E-state index is 0. The predicted molar refractivity (Wildman–Crippen MR) is 115 cm³/mol. The third-order valence-corrected chi connectivity index (χ3v) is 3.74. The van der Waals surface area contributed by atoms with Crippen molar-refractivity contribution in [1.82, 2.24) is 25.1 Å². The van der Waals surface area contributed by atoms with E-state index in [4.69, 9.17) is 0 Å². The van der Waals surface area contributed by atoms with Crippen LogP contribution in [-0.4, -0.2) is 54.0 Å². The normalized spacial score (nSPS) is 10.8. The van der Waals surface area contributed by atoms with E-state index in [1.807, 2.05) is 36.8 Å². The highest BCUT2D eigenvalue weighted by Crippen LogP contribution is 2.06. The van der Waals surface area contributed by atoms with E-state index in [1.165, 1.54) is 0 Å². The Morgan fingerprint density at radius 1 is 1.23 bits per heavy atom. The van der Waals surface area contributed by atoms with Crippen LogP contribution in [0.25, 0.3) is 0 Å². The zero-order chi connectivity index (χ0) is 18.1. The van der Waals surface area contributed by atoms with E-state index in [0.29, 0.717) is 12.1 Å². The van der Waals surface area contributed by atoms with Crippen molar-refractivity contribution in [2.45, 2.75) is 19.5 Å². The van der Waals surface area contributed by atoms with Gasteiger partial charge >= 0.3 is 0 Å². The maximum Gasteiger partial charge on any atom is 0.253 e. The summed E-state index contributed by atoms with van der Waals surface area (Å²) in [6.45, 7) is 2.40. The van der Waals surface area contributed by atoms with E-state index in [-0.39, 0.29) is 29.9 Å². The maximum absolute atomic E-state index is 11.9. The molecule has 1 amide bonds. The average molecular weight is 470 g/mol. The predicted octanol–water partition coefficient (Wildman–Crippen LogP) is 1.96. The second-order valence-electron chi connectivity index (χ2n) is 5.90. The molecule has 2 aromatic rings. The summed E-state index contributed by atoms with van der Waals surface area (Å²) in [5, 5.41) is 6.57. The summed E-state index contributed by atoms with van der Waals surface area (Å²) < 4.78 is 2.05. The van der Waals surface area contributed by atoms with Gasteiger partial charge in [-0.15, -0.1) is 24.0 Å². The molecule has 0 bridgehead atoms. The van der Waals surface area contributed by atoms with Gasteiger partial charge in [0.25, 0.3) is 5.91 Å². The quantitative estimate of drug-likeness (QED) is 0.281. The van der Waals surface area contributed by atoms with E-state index < -0.39 is 0 Å². The fraction of sp³-hybridized carbons (Fsp3) is 0.389. The summed E-state index contributed by atoms with van der Waals surface area (Å²) in [5.74, 6) is 0.772. The number of carbonyl (C=O) groups is 1. The van der Waals surface area contributed by atoms with Gasteiger partial charge in [-0.3, -0.25) is 9.79 Å². The smallest absolute Gasteiger partial charge is 0.253 e. The zero-order valence-electron chi connectivity index (χ0n) is 15.5. The van der Waals surface area contributed by atoms with Crippen molar-refractivity contribution in [2.24, 2.45) is 4.99 Å². The van der Waals surface area contributed by atoms with Crippen LogP contribution in [0.4, 0.5) is 0 Å². The molecule has 0 aliphatic rings. The number of aryl methyl sites for hydroxylation is 1. The van der Waals surface area contributed by atoms with E-state index in [9.17, 15) is 4.79 Å². The largest absolute Gasteiger partial charge is 0.356 e. The highest BCUT2D eigenvalue weighted by atomic mass is 127. The Morgan fingerprint density at radius 2 is 1.96 bits per heavy atom. The number of halogens is 1. The molecule has 142 valence electrons. The standard InChI is InChI=1S/C18H26N6O.HI/c1-19-18(21-9-4-11-24-12-10-20-14-24)22-13-15-5-7-16(8-6-15)17(25)23(2)3;/h5-8,10,12,14H,4,9,11,13H2,1-3H3,(H2,19,21,22);1H. The first-order valence-electron chi connectivity index (χ1n) is 8.31. The zero-order valence-corrected chi connectivity index (χ0v) is 17.8. The number of hydrogen-bond acceptors (Lipinski definition) is 3. The van der Waals surface area contributed by atoms with Gasteiger partial charge in [0.15, 0.2) is 5.96 Å². The Balaban J connectivity index is 0.00000338. The van der Waals surface area contributed by atoms with E-state index in [1.54, 1.807) is 32.2 Å². The fourth-order valence-corrected chi connectivity index (χ4v) is 2.32. The molecule has 7 nitrogen and oxygen atoms in total. The molecular formula is C18H27IN6O. The van der Waals surface area contributed by atoms with Crippen molar-refractivity contribution in [3.8, 4) is 0 Å². The van der Waals surface area contributed by atoms with Crippen molar-refractivity contribution in [3.05, 3.63) is 54.1 Å². The van der Waals surface area contributed by atoms with Crippen molar-refractivity contribution in [1.29, 1.82) is 0 Å². The first kappa shape index (κ1) is 21.9. The topological polar surface area (TPSA) is 74.5 Å². The van der Waals surface area contributed by atoms with Crippen molar-refractivity contribution < 1.29 is 4.79 Å². The summed E-state index contributed by atoms with van der Waals surface area (Å²) in [7, 11) is 5.25. The monoisotopic (exact) mass is 470 g/mol. The molecular weight excluding hydrogens is 443 g/mol. The summed E-state index contributed by atoms with van der Waals surface area (Å²) in [5.41, 5.74) is 1.78. The molecule has 0 atom stereocenters. The Kier molecular flexibility index (Phi) is 9.71. The maximum atomic E-state index is 11.9. The molecule has 1 heterocycles. The lowest BCUT2D eigenvalue weighted by Crippen LogP contribution is -2.37. The van der Waals surface area contributed by atoms with E-state index in [2.05, 4.69) is 25.2 Å². The van der Waals surface area contributed by atoms with Gasteiger partial charge in [0.1, 0.15) is 0 Å². The van der Waals surface area contributed by atoms with Gasteiger partial charge in [0, 0.05) is 58.7 Å². The Labute approximate surface area is 171 Å². The highest BCUT2D eigenvalue weighted by molar-refractivity contribution is 14.0. The van der Waals surface area contributed by atoms with Gasteiger partial charge in [0.05, 0.1) is 6.33 Å². The number of nitrogens with zero attached hydrogens (tertiary/aromatic N) is 4. The molecule has 0 spiro atoms. The first-order valence-corrected chi connectivity index (χ1v) is 8.31. The second-order valence-corrected chi connectivity index (χ2v) is 5.90. The van der Waals surface area contributed by atoms with Crippen LogP contribution in [0.3, 0.4) is 0 Å². The van der Waals surface area contributed by atoms with Gasteiger partial charge in [-0.05, 0) is 24.1 Å². The molecule has 26 heavy (non-hydrogen) atoms. The van der Waals surface area contributed by atoms with Gasteiger partial charge in [-0.25, -0.2) is 4.98 Å². The molecule has 2 N–H and O–H groups in total. The number of aromatic nitrogens is 2. The molecule has 8 heteroatoms. The van der Waals surface area contributed by atoms with Gasteiger partial charge in [-0.1, -0.05) is 12.1 Å². The van der Waals surface area contributed by atoms with Gasteiger partial charge < -0.3 is 20.1 Å². The van der Waals surface area contributed by atoms with Crippen LogP contribution in [0.2, 0.25) is 0 Å². The van der Waals surface area contributed by atoms with Crippen LogP contribution in [0.5, 0.6) is 0 Å². The molecule has 2 rings (SSSR count). The Bertz CT molecular complexity index is 682. The van der Waals surface area contributed by atoms with Gasteiger partial charge in [0.2, 0.25) is 0 Å². The summed E-state index contributed by atoms with van der Waals surface area (Å²) >= 11 is 0. The first-order chi connectivity index (χ1) is 12.1. The van der Waals surface area contributed by atoms with Crippen LogP contribution < -0.4 is 10.6 Å². The number of imidazole rings is 1. The lowest BCUT2D eigenvalue weighted by atomic mass is 10.1. The lowest BCUT2D eigenvalue weighted by molar-refractivity contribution is 0.0827. The number of hydrogen-bond donors (Lipinski definition) is 2. The molecule has 0 saturated heterocycles. The number of amides is 1. The summed E-state index contributed by atoms with van der Waals surface area (Å²) in [4.78, 5) is 21.7. The molecule has 0 aliphatic carbocycles. The number of carbonyl (C=O) groups excluding carboxylic acids is 1. The third kappa shape index (κ3) is 7.03. The van der Waals surface area contributed by atoms with E-state index in [0.717, 1.165) is 31.0 Å². The molecule has 0 radical (unpaired) electrons. The fourth-order valence-electron chi connectivity index (χ4n) is 2.32. The second kappa shape index (κ2) is 11.5. The number of rotatable bonds is 7. The summed E-state index contributed by atoms with van der Waals surface area (Å²) in [6, 6.07) is 7.60. The van der Waals surface area contributed by atoms with Crippen LogP contribution in [0.15, 0.2) is 48.0 Å². The van der Waals surface area contributed by atoms with Crippen LogP contribution in [0, 0.1) is 0 Å². The molecule has 0 saturated carbocycles. The van der Waals surface area contributed by atoms with Crippen LogP contribution in [0.1, 0.15) is 22.3 Å². The molecule has 0 fully saturated rings. The highest BCUT2D eigenvalue weighted by Gasteiger charge is 2.07. The lowest BCUT2D eigenvalue weighted by Gasteiger charge is -2.13. The molecule has 1 aromatic heterocycles. The minimum atomic E-state index is 0. The minimum Gasteiger partial charge on any atom is -0.356 e. The van der Waals surface area contributed by atoms with Crippen molar-refractivity contribution in [3.63, 3.8) is 0 Å². The number of nitrogens with one attached hydrogen (secondary N) is 2. The van der Waals surface area contributed by atoms with Crippen molar-refractivity contribution in [2.75, 3.05) is 27.7 Å². The summed E-state index contributed by atoms with van der Waals surface area (Å²) in [6.07, 6.45) is 6.54. The third-order valence-electron chi connectivity index (χ3n) is 3.74. The van der Waals surface area contributed by atoms with Gasteiger partial charge in [-0.2, -0.15) is 0 Å². The number of guanidine groups is 1. The number of aliphatic imine (C=N–C) groups is 1. The van der Waals surface area contributed by atoms with E-state index >= 15 is 0 Å². The molecule has 1 aromatic carbocycles. The van der Waals surface area contributed by atoms with Crippen LogP contribution >= 0.6 is 24.0 Å². The molecule has 0 unspecified atom stereocenters. The SMILES string of the molecule is CN=C(NCCCn1ccnc1)NCc1ccc(C(=O)N(C)C)cc1.I.